The van der Waals surface area contributed by atoms with Crippen molar-refractivity contribution in [2.75, 3.05) is 7.11 Å². The van der Waals surface area contributed by atoms with Gasteiger partial charge in [0, 0.05) is 24.8 Å². The first kappa shape index (κ1) is 18.5. The minimum absolute atomic E-state index is 0.162. The lowest BCUT2D eigenvalue weighted by molar-refractivity contribution is 0.0939. The number of rotatable bonds is 7. The molecule has 136 valence electrons. The molecular weight excluding hydrogens is 338 g/mol. The fraction of sp³-hybridized carbons (Fsp3) is 0.130. The third-order valence-electron chi connectivity index (χ3n) is 4.24. The molecule has 0 saturated heterocycles. The number of carbonyl (C=O) groups excluding carboxylic acids is 2. The summed E-state index contributed by atoms with van der Waals surface area (Å²) < 4.78 is 5.09. The van der Waals surface area contributed by atoms with Crippen LogP contribution >= 0.6 is 0 Å². The van der Waals surface area contributed by atoms with Gasteiger partial charge in [0.25, 0.3) is 5.91 Å². The topological polar surface area (TPSA) is 55.4 Å². The summed E-state index contributed by atoms with van der Waals surface area (Å²) in [7, 11) is 1.66. The molecule has 0 heterocycles. The number of ether oxygens (including phenoxy) is 1. The van der Waals surface area contributed by atoms with Crippen LogP contribution in [0.3, 0.4) is 0 Å². The Morgan fingerprint density at radius 2 is 1.37 bits per heavy atom. The van der Waals surface area contributed by atoms with Crippen LogP contribution in [-0.2, 0) is 17.9 Å². The summed E-state index contributed by atoms with van der Waals surface area (Å²) in [6.07, 6.45) is 0. The third kappa shape index (κ3) is 4.68. The predicted octanol–water partition coefficient (Wildman–Crippen LogP) is 3.99. The Hall–Kier alpha value is -3.24. The maximum atomic E-state index is 12.8. The molecule has 0 saturated carbocycles. The molecule has 4 nitrogen and oxygen atoms in total. The van der Waals surface area contributed by atoms with Crippen LogP contribution in [0.15, 0.2) is 78.9 Å². The average molecular weight is 359 g/mol. The van der Waals surface area contributed by atoms with Gasteiger partial charge in [0.1, 0.15) is 0 Å². The summed E-state index contributed by atoms with van der Waals surface area (Å²) in [6.45, 7) is 0.946. The molecule has 0 fully saturated rings. The number of hydrogen-bond acceptors (Lipinski definition) is 3. The Morgan fingerprint density at radius 1 is 0.778 bits per heavy atom. The molecule has 3 aromatic rings. The monoisotopic (exact) mass is 359 g/mol. The molecule has 0 bridgehead atoms. The molecule has 4 heteroatoms. The van der Waals surface area contributed by atoms with E-state index in [2.05, 4.69) is 5.32 Å². The number of methoxy groups -OCH3 is 1. The van der Waals surface area contributed by atoms with Crippen molar-refractivity contribution in [2.45, 2.75) is 13.2 Å². The molecule has 3 aromatic carbocycles. The molecule has 0 aliphatic rings. The van der Waals surface area contributed by atoms with E-state index in [1.807, 2.05) is 42.5 Å². The quantitative estimate of drug-likeness (QED) is 0.649. The summed E-state index contributed by atoms with van der Waals surface area (Å²) in [6, 6.07) is 23.7. The van der Waals surface area contributed by atoms with E-state index >= 15 is 0 Å². The van der Waals surface area contributed by atoms with Crippen molar-refractivity contribution in [1.82, 2.24) is 5.32 Å². The molecule has 0 unspecified atom stereocenters. The molecular formula is C23H21NO3. The van der Waals surface area contributed by atoms with Crippen LogP contribution in [0.4, 0.5) is 0 Å². The fourth-order valence-corrected chi connectivity index (χ4v) is 2.82. The van der Waals surface area contributed by atoms with E-state index in [1.165, 1.54) is 0 Å². The number of nitrogens with one attached hydrogen (secondary N) is 1. The largest absolute Gasteiger partial charge is 0.380 e. The number of benzene rings is 3. The van der Waals surface area contributed by atoms with Gasteiger partial charge in [-0.2, -0.15) is 0 Å². The van der Waals surface area contributed by atoms with Crippen molar-refractivity contribution in [3.05, 3.63) is 107 Å². The zero-order valence-electron chi connectivity index (χ0n) is 15.1. The Morgan fingerprint density at radius 3 is 2.04 bits per heavy atom. The van der Waals surface area contributed by atoms with Gasteiger partial charge in [0.2, 0.25) is 0 Å². The molecule has 0 radical (unpaired) electrons. The van der Waals surface area contributed by atoms with Crippen molar-refractivity contribution >= 4 is 11.7 Å². The van der Waals surface area contributed by atoms with Gasteiger partial charge in [-0.15, -0.1) is 0 Å². The van der Waals surface area contributed by atoms with Crippen molar-refractivity contribution in [1.29, 1.82) is 0 Å². The highest BCUT2D eigenvalue weighted by Gasteiger charge is 2.17. The number of carbonyl (C=O) groups is 2. The minimum Gasteiger partial charge on any atom is -0.380 e. The molecule has 0 atom stereocenters. The van der Waals surface area contributed by atoms with E-state index in [1.54, 1.807) is 43.5 Å². The van der Waals surface area contributed by atoms with Crippen molar-refractivity contribution in [3.63, 3.8) is 0 Å². The molecule has 0 aliphatic heterocycles. The maximum absolute atomic E-state index is 12.8. The summed E-state index contributed by atoms with van der Waals surface area (Å²) in [4.78, 5) is 25.4. The van der Waals surface area contributed by atoms with Gasteiger partial charge in [0.05, 0.1) is 12.2 Å². The minimum atomic E-state index is -0.268. The molecule has 27 heavy (non-hydrogen) atoms. The van der Waals surface area contributed by atoms with Crippen LogP contribution in [-0.4, -0.2) is 18.8 Å². The van der Waals surface area contributed by atoms with Gasteiger partial charge >= 0.3 is 0 Å². The number of ketones is 1. The van der Waals surface area contributed by atoms with E-state index in [9.17, 15) is 9.59 Å². The summed E-state index contributed by atoms with van der Waals surface area (Å²) in [5, 5.41) is 2.89. The predicted molar refractivity (Wildman–Crippen MR) is 105 cm³/mol. The smallest absolute Gasteiger partial charge is 0.252 e. The van der Waals surface area contributed by atoms with Crippen molar-refractivity contribution in [3.8, 4) is 0 Å². The van der Waals surface area contributed by atoms with Gasteiger partial charge in [-0.3, -0.25) is 9.59 Å². The second-order valence-electron chi connectivity index (χ2n) is 6.17. The van der Waals surface area contributed by atoms with Crippen LogP contribution in [0.25, 0.3) is 0 Å². The van der Waals surface area contributed by atoms with Crippen LogP contribution in [0.5, 0.6) is 0 Å². The second-order valence-corrected chi connectivity index (χ2v) is 6.17. The highest BCUT2D eigenvalue weighted by molar-refractivity contribution is 6.15. The van der Waals surface area contributed by atoms with E-state index in [0.29, 0.717) is 29.8 Å². The van der Waals surface area contributed by atoms with E-state index in [4.69, 9.17) is 4.74 Å². The maximum Gasteiger partial charge on any atom is 0.252 e. The fourth-order valence-electron chi connectivity index (χ4n) is 2.82. The van der Waals surface area contributed by atoms with Crippen LogP contribution in [0, 0.1) is 0 Å². The van der Waals surface area contributed by atoms with Crippen LogP contribution in [0.2, 0.25) is 0 Å². The van der Waals surface area contributed by atoms with Crippen molar-refractivity contribution < 1.29 is 14.3 Å². The first-order valence-electron chi connectivity index (χ1n) is 8.73. The van der Waals surface area contributed by atoms with E-state index < -0.39 is 0 Å². The highest BCUT2D eigenvalue weighted by Crippen LogP contribution is 2.15. The summed E-state index contributed by atoms with van der Waals surface area (Å²) >= 11 is 0. The van der Waals surface area contributed by atoms with Crippen molar-refractivity contribution in [2.24, 2.45) is 0 Å². The molecule has 0 aliphatic carbocycles. The zero-order chi connectivity index (χ0) is 19.1. The SMILES string of the molecule is COCc1ccc(CNC(=O)c2ccccc2C(=O)c2ccccc2)cc1. The molecule has 1 N–H and O–H groups in total. The van der Waals surface area contributed by atoms with Gasteiger partial charge in [0.15, 0.2) is 5.78 Å². The van der Waals surface area contributed by atoms with Crippen LogP contribution < -0.4 is 5.32 Å². The second kappa shape index (κ2) is 8.92. The average Bonchev–Trinajstić information content (AvgIpc) is 2.73. The standard InChI is InChI=1S/C23H21NO3/c1-27-16-18-13-11-17(12-14-18)15-24-23(26)21-10-6-5-9-20(21)22(25)19-7-3-2-4-8-19/h2-14H,15-16H2,1H3,(H,24,26). The summed E-state index contributed by atoms with van der Waals surface area (Å²) in [5.74, 6) is -0.430. The highest BCUT2D eigenvalue weighted by atomic mass is 16.5. The molecule has 1 amide bonds. The Bertz CT molecular complexity index is 918. The normalized spacial score (nSPS) is 10.4. The zero-order valence-corrected chi connectivity index (χ0v) is 15.1. The molecule has 3 rings (SSSR count). The third-order valence-corrected chi connectivity index (χ3v) is 4.24. The lowest BCUT2D eigenvalue weighted by atomic mass is 9.98. The Labute approximate surface area is 158 Å². The number of hydrogen-bond donors (Lipinski definition) is 1. The first-order chi connectivity index (χ1) is 13.2. The van der Waals surface area contributed by atoms with E-state index in [-0.39, 0.29) is 11.7 Å². The van der Waals surface area contributed by atoms with E-state index in [0.717, 1.165) is 11.1 Å². The first-order valence-corrected chi connectivity index (χ1v) is 8.73. The van der Waals surface area contributed by atoms with Gasteiger partial charge in [-0.1, -0.05) is 72.8 Å². The lowest BCUT2D eigenvalue weighted by Crippen LogP contribution is -2.25. The molecule has 0 spiro atoms. The van der Waals surface area contributed by atoms with Crippen LogP contribution in [0.1, 0.15) is 37.4 Å². The Balaban J connectivity index is 1.73. The Kier molecular flexibility index (Phi) is 6.13. The van der Waals surface area contributed by atoms with Gasteiger partial charge in [-0.25, -0.2) is 0 Å². The molecule has 0 aromatic heterocycles. The number of amides is 1. The summed E-state index contributed by atoms with van der Waals surface area (Å²) in [5.41, 5.74) is 3.40. The van der Waals surface area contributed by atoms with Gasteiger partial charge < -0.3 is 10.1 Å². The van der Waals surface area contributed by atoms with Gasteiger partial charge in [-0.05, 0) is 17.2 Å². The lowest BCUT2D eigenvalue weighted by Gasteiger charge is -2.10.